The molecule has 0 unspecified atom stereocenters. The van der Waals surface area contributed by atoms with Crippen LogP contribution in [0.15, 0.2) is 47.4 Å². The molecule has 2 aromatic heterocycles. The highest BCUT2D eigenvalue weighted by atomic mass is 16.5. The molecule has 0 saturated heterocycles. The largest absolute Gasteiger partial charge is 0.497 e. The second kappa shape index (κ2) is 5.22. The lowest BCUT2D eigenvalue weighted by Gasteiger charge is -2.13. The number of anilines is 1. The van der Waals surface area contributed by atoms with Gasteiger partial charge in [0.05, 0.1) is 23.7 Å². The molecule has 0 aliphatic heterocycles. The molecule has 2 N–H and O–H groups in total. The van der Waals surface area contributed by atoms with Crippen LogP contribution in [0.5, 0.6) is 5.75 Å². The van der Waals surface area contributed by atoms with Gasteiger partial charge >= 0.3 is 0 Å². The molecule has 2 heterocycles. The molecule has 1 aromatic carbocycles. The number of nitrogens with zero attached hydrogens (tertiary/aromatic N) is 3. The third kappa shape index (κ3) is 1.96. The number of aromatic nitrogens is 2. The number of nitrogens with two attached hydrogens (primary N) is 1. The smallest absolute Gasteiger partial charge is 0.266 e. The molecule has 0 aliphatic rings. The van der Waals surface area contributed by atoms with E-state index in [1.54, 1.807) is 43.5 Å². The van der Waals surface area contributed by atoms with Gasteiger partial charge in [0.15, 0.2) is 0 Å². The minimum Gasteiger partial charge on any atom is -0.497 e. The summed E-state index contributed by atoms with van der Waals surface area (Å²) in [5.41, 5.74) is 6.78. The molecule has 6 heteroatoms. The number of pyridine rings is 2. The van der Waals surface area contributed by atoms with Crippen LogP contribution in [-0.2, 0) is 0 Å². The normalized spacial score (nSPS) is 10.4. The van der Waals surface area contributed by atoms with E-state index in [1.807, 2.05) is 6.07 Å². The first kappa shape index (κ1) is 13.6. The number of fused-ring (bicyclic) bond motifs is 1. The van der Waals surface area contributed by atoms with Crippen molar-refractivity contribution in [3.63, 3.8) is 0 Å². The maximum Gasteiger partial charge on any atom is 0.266 e. The van der Waals surface area contributed by atoms with E-state index in [-0.39, 0.29) is 16.9 Å². The van der Waals surface area contributed by atoms with Crippen molar-refractivity contribution in [2.75, 3.05) is 12.8 Å². The second-order valence-electron chi connectivity index (χ2n) is 4.61. The minimum absolute atomic E-state index is 0.0730. The summed E-state index contributed by atoms with van der Waals surface area (Å²) in [6, 6.07) is 12.2. The average molecular weight is 292 g/mol. The third-order valence-electron chi connectivity index (χ3n) is 3.42. The fraction of sp³-hybridized carbons (Fsp3) is 0.0625. The summed E-state index contributed by atoms with van der Waals surface area (Å²) < 4.78 is 6.41. The zero-order chi connectivity index (χ0) is 15.7. The Morgan fingerprint density at radius 2 is 2.00 bits per heavy atom. The molecule has 0 atom stereocenters. The van der Waals surface area contributed by atoms with E-state index in [9.17, 15) is 10.1 Å². The van der Waals surface area contributed by atoms with E-state index in [2.05, 4.69) is 4.98 Å². The summed E-state index contributed by atoms with van der Waals surface area (Å²) in [5.74, 6) is 0.738. The van der Waals surface area contributed by atoms with Crippen LogP contribution in [0.25, 0.3) is 16.6 Å². The monoisotopic (exact) mass is 292 g/mol. The molecular weight excluding hydrogens is 280 g/mol. The van der Waals surface area contributed by atoms with E-state index in [1.165, 1.54) is 10.8 Å². The Morgan fingerprint density at radius 1 is 1.27 bits per heavy atom. The topological polar surface area (TPSA) is 93.9 Å². The van der Waals surface area contributed by atoms with Crippen LogP contribution in [-0.4, -0.2) is 16.7 Å². The van der Waals surface area contributed by atoms with Gasteiger partial charge in [-0.2, -0.15) is 5.26 Å². The van der Waals surface area contributed by atoms with Gasteiger partial charge < -0.3 is 10.5 Å². The van der Waals surface area contributed by atoms with Crippen molar-refractivity contribution in [3.8, 4) is 17.5 Å². The highest BCUT2D eigenvalue weighted by molar-refractivity contribution is 5.87. The van der Waals surface area contributed by atoms with E-state index in [0.29, 0.717) is 22.3 Å². The highest BCUT2D eigenvalue weighted by Gasteiger charge is 2.16. The predicted molar refractivity (Wildman–Crippen MR) is 83.0 cm³/mol. The van der Waals surface area contributed by atoms with Gasteiger partial charge in [-0.25, -0.2) is 0 Å². The van der Waals surface area contributed by atoms with Gasteiger partial charge in [-0.1, -0.05) is 0 Å². The van der Waals surface area contributed by atoms with Crippen molar-refractivity contribution in [3.05, 3.63) is 58.5 Å². The maximum atomic E-state index is 12.7. The first-order valence-electron chi connectivity index (χ1n) is 6.51. The molecule has 108 valence electrons. The summed E-state index contributed by atoms with van der Waals surface area (Å²) in [4.78, 5) is 16.8. The standard InChI is InChI=1S/C16H12N4O2/c1-22-11-6-4-10(5-7-11)20-15(18)13(9-17)14-12(16(20)21)3-2-8-19-14/h2-8H,18H2,1H3. The molecule has 3 aromatic rings. The van der Waals surface area contributed by atoms with Crippen molar-refractivity contribution in [2.24, 2.45) is 0 Å². The zero-order valence-corrected chi connectivity index (χ0v) is 11.8. The maximum absolute atomic E-state index is 12.7. The molecule has 3 rings (SSSR count). The van der Waals surface area contributed by atoms with Gasteiger partial charge in [0.2, 0.25) is 0 Å². The van der Waals surface area contributed by atoms with Crippen molar-refractivity contribution >= 4 is 16.7 Å². The lowest BCUT2D eigenvalue weighted by Crippen LogP contribution is -2.23. The molecule has 0 amide bonds. The Kier molecular flexibility index (Phi) is 3.24. The third-order valence-corrected chi connectivity index (χ3v) is 3.42. The SMILES string of the molecule is COc1ccc(-n2c(N)c(C#N)c3ncccc3c2=O)cc1. The Balaban J connectivity index is 2.39. The van der Waals surface area contributed by atoms with E-state index < -0.39 is 0 Å². The van der Waals surface area contributed by atoms with Crippen LogP contribution < -0.4 is 16.0 Å². The molecule has 0 fully saturated rings. The Hall–Kier alpha value is -3.33. The number of nitriles is 1. The van der Waals surface area contributed by atoms with Gasteiger partial charge in [0.25, 0.3) is 5.56 Å². The quantitative estimate of drug-likeness (QED) is 0.778. The fourth-order valence-electron chi connectivity index (χ4n) is 2.34. The molecule has 6 nitrogen and oxygen atoms in total. The van der Waals surface area contributed by atoms with Crippen LogP contribution in [0.3, 0.4) is 0 Å². The first-order valence-corrected chi connectivity index (χ1v) is 6.51. The molecule has 0 spiro atoms. The van der Waals surface area contributed by atoms with Crippen LogP contribution in [0.1, 0.15) is 5.56 Å². The lowest BCUT2D eigenvalue weighted by molar-refractivity contribution is 0.414. The Morgan fingerprint density at radius 3 is 2.64 bits per heavy atom. The number of rotatable bonds is 2. The number of nitrogen functional groups attached to an aromatic ring is 1. The van der Waals surface area contributed by atoms with E-state index in [0.717, 1.165) is 0 Å². The second-order valence-corrected chi connectivity index (χ2v) is 4.61. The molecule has 22 heavy (non-hydrogen) atoms. The highest BCUT2D eigenvalue weighted by Crippen LogP contribution is 2.22. The van der Waals surface area contributed by atoms with Crippen molar-refractivity contribution in [1.82, 2.24) is 9.55 Å². The summed E-state index contributed by atoms with van der Waals surface area (Å²) in [7, 11) is 1.56. The molecule has 0 bridgehead atoms. The number of benzene rings is 1. The summed E-state index contributed by atoms with van der Waals surface area (Å²) >= 11 is 0. The summed E-state index contributed by atoms with van der Waals surface area (Å²) in [5, 5.41) is 9.71. The molecule has 0 saturated carbocycles. The molecule has 0 aliphatic carbocycles. The van der Waals surface area contributed by atoms with Crippen molar-refractivity contribution < 1.29 is 4.74 Å². The van der Waals surface area contributed by atoms with Gasteiger partial charge in [-0.15, -0.1) is 0 Å². The lowest BCUT2D eigenvalue weighted by atomic mass is 10.1. The fourth-order valence-corrected chi connectivity index (χ4v) is 2.34. The number of ether oxygens (including phenoxy) is 1. The average Bonchev–Trinajstić information content (AvgIpc) is 2.56. The van der Waals surface area contributed by atoms with Crippen molar-refractivity contribution in [1.29, 1.82) is 5.26 Å². The van der Waals surface area contributed by atoms with Gasteiger partial charge in [-0.05, 0) is 36.4 Å². The van der Waals surface area contributed by atoms with Crippen LogP contribution in [0, 0.1) is 11.3 Å². The Labute approximate surface area is 126 Å². The number of hydrogen-bond acceptors (Lipinski definition) is 5. The number of hydrogen-bond donors (Lipinski definition) is 1. The van der Waals surface area contributed by atoms with Crippen LogP contribution in [0.4, 0.5) is 5.82 Å². The minimum atomic E-state index is -0.315. The number of methoxy groups -OCH3 is 1. The Bertz CT molecular complexity index is 953. The predicted octanol–water partition coefficient (Wildman–Crippen LogP) is 1.85. The van der Waals surface area contributed by atoms with Gasteiger partial charge in [0.1, 0.15) is 23.2 Å². The summed E-state index contributed by atoms with van der Waals surface area (Å²) in [6.45, 7) is 0. The van der Waals surface area contributed by atoms with Crippen LogP contribution in [0.2, 0.25) is 0 Å². The van der Waals surface area contributed by atoms with Gasteiger partial charge in [0, 0.05) is 6.20 Å². The molecular formula is C16H12N4O2. The van der Waals surface area contributed by atoms with Crippen molar-refractivity contribution in [2.45, 2.75) is 0 Å². The first-order chi connectivity index (χ1) is 10.7. The van der Waals surface area contributed by atoms with E-state index >= 15 is 0 Å². The molecule has 0 radical (unpaired) electrons. The zero-order valence-electron chi connectivity index (χ0n) is 11.8. The van der Waals surface area contributed by atoms with Gasteiger partial charge in [-0.3, -0.25) is 14.3 Å². The van der Waals surface area contributed by atoms with Crippen LogP contribution >= 0.6 is 0 Å². The summed E-state index contributed by atoms with van der Waals surface area (Å²) in [6.07, 6.45) is 1.53. The van der Waals surface area contributed by atoms with E-state index in [4.69, 9.17) is 10.5 Å².